The molecule has 142 valence electrons. The maximum absolute atomic E-state index is 12.9. The van der Waals surface area contributed by atoms with E-state index in [4.69, 9.17) is 4.74 Å². The molecule has 0 aromatic heterocycles. The predicted octanol–water partition coefficient (Wildman–Crippen LogP) is 3.07. The summed E-state index contributed by atoms with van der Waals surface area (Å²) in [4.78, 5) is -0.136. The van der Waals surface area contributed by atoms with Crippen molar-refractivity contribution in [3.05, 3.63) is 52.5 Å². The Morgan fingerprint density at radius 2 is 1.65 bits per heavy atom. The summed E-state index contributed by atoms with van der Waals surface area (Å²) < 4.78 is 56.1. The van der Waals surface area contributed by atoms with Crippen molar-refractivity contribution in [3.8, 4) is 5.75 Å². The molecule has 0 fully saturated rings. The van der Waals surface area contributed by atoms with Gasteiger partial charge in [0.25, 0.3) is 0 Å². The molecule has 26 heavy (non-hydrogen) atoms. The molecule has 2 aromatic carbocycles. The van der Waals surface area contributed by atoms with Crippen LogP contribution in [-0.2, 0) is 26.4 Å². The van der Waals surface area contributed by atoms with Gasteiger partial charge in [-0.25, -0.2) is 16.8 Å². The van der Waals surface area contributed by atoms with Crippen molar-refractivity contribution in [1.29, 1.82) is 0 Å². The molecular weight excluding hydrogens is 442 g/mol. The van der Waals surface area contributed by atoms with E-state index in [1.165, 1.54) is 29.6 Å². The molecule has 0 bridgehead atoms. The highest BCUT2D eigenvalue weighted by Gasteiger charge is 2.25. The van der Waals surface area contributed by atoms with Crippen LogP contribution in [0.1, 0.15) is 12.5 Å². The Bertz CT molecular complexity index is 986. The minimum Gasteiger partial charge on any atom is -0.494 e. The fourth-order valence-electron chi connectivity index (χ4n) is 2.28. The third kappa shape index (κ3) is 4.85. The molecule has 0 heterocycles. The van der Waals surface area contributed by atoms with Crippen molar-refractivity contribution in [2.75, 3.05) is 19.9 Å². The molecule has 0 atom stereocenters. The molecule has 0 radical (unpaired) electrons. The summed E-state index contributed by atoms with van der Waals surface area (Å²) in [6.07, 6.45) is 1.04. The minimum atomic E-state index is -3.88. The highest BCUT2D eigenvalue weighted by atomic mass is 79.9. The Hall–Kier alpha value is -1.42. The zero-order valence-electron chi connectivity index (χ0n) is 14.6. The van der Waals surface area contributed by atoms with Crippen molar-refractivity contribution in [2.45, 2.75) is 23.3 Å². The average Bonchev–Trinajstić information content (AvgIpc) is 2.56. The Labute approximate surface area is 162 Å². The third-order valence-corrected chi connectivity index (χ3v) is 7.57. The van der Waals surface area contributed by atoms with Gasteiger partial charge in [0.1, 0.15) is 5.75 Å². The zero-order chi connectivity index (χ0) is 19.5. The molecule has 0 saturated carbocycles. The number of nitrogens with zero attached hydrogens (tertiary/aromatic N) is 1. The molecule has 0 N–H and O–H groups in total. The Morgan fingerprint density at radius 1 is 1.04 bits per heavy atom. The molecule has 0 aliphatic carbocycles. The number of sulfone groups is 1. The van der Waals surface area contributed by atoms with Crippen LogP contribution < -0.4 is 4.74 Å². The summed E-state index contributed by atoms with van der Waals surface area (Å²) in [6, 6.07) is 11.1. The number of benzene rings is 2. The topological polar surface area (TPSA) is 80.8 Å². The molecule has 2 rings (SSSR count). The lowest BCUT2D eigenvalue weighted by atomic mass is 10.2. The number of ether oxygens (including phenoxy) is 1. The maximum Gasteiger partial charge on any atom is 0.244 e. The van der Waals surface area contributed by atoms with Gasteiger partial charge in [0.05, 0.1) is 16.4 Å². The normalized spacial score (nSPS) is 12.3. The molecule has 0 aliphatic rings. The van der Waals surface area contributed by atoms with E-state index in [9.17, 15) is 16.8 Å². The van der Waals surface area contributed by atoms with Crippen molar-refractivity contribution < 1.29 is 21.6 Å². The SMILES string of the molecule is CCOc1ccc(CN(C)S(=O)(=O)c2cc(S(C)(=O)=O)ccc2Br)cc1. The van der Waals surface area contributed by atoms with Crippen LogP contribution in [0, 0.1) is 0 Å². The quantitative estimate of drug-likeness (QED) is 0.632. The largest absolute Gasteiger partial charge is 0.494 e. The van der Waals surface area contributed by atoms with Gasteiger partial charge in [-0.1, -0.05) is 12.1 Å². The van der Waals surface area contributed by atoms with E-state index < -0.39 is 19.9 Å². The fourth-order valence-corrected chi connectivity index (χ4v) is 5.11. The summed E-state index contributed by atoms with van der Waals surface area (Å²) in [5.74, 6) is 0.713. The molecular formula is C17H20BrNO5S2. The number of sulfonamides is 1. The molecule has 0 saturated heterocycles. The second kappa shape index (κ2) is 8.08. The van der Waals surface area contributed by atoms with Crippen molar-refractivity contribution in [2.24, 2.45) is 0 Å². The second-order valence-corrected chi connectivity index (χ2v) is 10.6. The van der Waals surface area contributed by atoms with Crippen molar-refractivity contribution in [1.82, 2.24) is 4.31 Å². The van der Waals surface area contributed by atoms with Crippen LogP contribution in [0.25, 0.3) is 0 Å². The fraction of sp³-hybridized carbons (Fsp3) is 0.294. The van der Waals surface area contributed by atoms with Crippen molar-refractivity contribution >= 4 is 35.8 Å². The Balaban J connectivity index is 2.31. The van der Waals surface area contributed by atoms with Gasteiger partial charge in [0.15, 0.2) is 9.84 Å². The number of rotatable bonds is 7. The molecule has 0 unspecified atom stereocenters. The Morgan fingerprint density at radius 3 is 2.19 bits per heavy atom. The predicted molar refractivity (Wildman–Crippen MR) is 104 cm³/mol. The van der Waals surface area contributed by atoms with Crippen LogP contribution >= 0.6 is 15.9 Å². The standard InChI is InChI=1S/C17H20BrNO5S2/c1-4-24-14-7-5-13(6-8-14)12-19(2)26(22,23)17-11-15(25(3,20)21)9-10-16(17)18/h5-11H,4,12H2,1-3H3. The number of hydrogen-bond acceptors (Lipinski definition) is 5. The van der Waals surface area contributed by atoms with E-state index in [0.29, 0.717) is 16.8 Å². The smallest absolute Gasteiger partial charge is 0.244 e. The highest BCUT2D eigenvalue weighted by Crippen LogP contribution is 2.28. The first-order valence-corrected chi connectivity index (χ1v) is 11.9. The number of hydrogen-bond donors (Lipinski definition) is 0. The molecule has 6 nitrogen and oxygen atoms in total. The van der Waals surface area contributed by atoms with Crippen LogP contribution in [0.4, 0.5) is 0 Å². The van der Waals surface area contributed by atoms with E-state index in [1.807, 2.05) is 6.92 Å². The van der Waals surface area contributed by atoms with Crippen LogP contribution in [0.5, 0.6) is 5.75 Å². The second-order valence-electron chi connectivity index (χ2n) is 5.70. The Kier molecular flexibility index (Phi) is 6.49. The van der Waals surface area contributed by atoms with Gasteiger partial charge < -0.3 is 4.74 Å². The summed E-state index contributed by atoms with van der Waals surface area (Å²) in [5.41, 5.74) is 0.787. The van der Waals surface area contributed by atoms with Crippen molar-refractivity contribution in [3.63, 3.8) is 0 Å². The summed E-state index contributed by atoms with van der Waals surface area (Å²) in [5, 5.41) is 0. The average molecular weight is 462 g/mol. The molecule has 9 heteroatoms. The third-order valence-electron chi connectivity index (χ3n) is 3.66. The van der Waals surface area contributed by atoms with Gasteiger partial charge in [-0.05, 0) is 58.7 Å². The van der Waals surface area contributed by atoms with Crippen LogP contribution in [0.15, 0.2) is 56.7 Å². The van der Waals surface area contributed by atoms with Crippen LogP contribution in [0.2, 0.25) is 0 Å². The van der Waals surface area contributed by atoms with E-state index in [0.717, 1.165) is 11.8 Å². The lowest BCUT2D eigenvalue weighted by molar-refractivity contribution is 0.340. The zero-order valence-corrected chi connectivity index (χ0v) is 17.9. The monoisotopic (exact) mass is 461 g/mol. The first-order valence-electron chi connectivity index (χ1n) is 7.73. The van der Waals surface area contributed by atoms with E-state index >= 15 is 0 Å². The van der Waals surface area contributed by atoms with Gasteiger partial charge in [-0.15, -0.1) is 0 Å². The van der Waals surface area contributed by atoms with E-state index in [2.05, 4.69) is 15.9 Å². The number of halogens is 1. The van der Waals surface area contributed by atoms with Gasteiger partial charge in [-0.3, -0.25) is 0 Å². The van der Waals surface area contributed by atoms with Gasteiger partial charge in [-0.2, -0.15) is 4.31 Å². The first-order chi connectivity index (χ1) is 12.1. The molecule has 2 aromatic rings. The minimum absolute atomic E-state index is 0.0475. The van der Waals surface area contributed by atoms with Gasteiger partial charge in [0.2, 0.25) is 10.0 Å². The van der Waals surface area contributed by atoms with E-state index in [-0.39, 0.29) is 16.3 Å². The summed E-state index contributed by atoms with van der Waals surface area (Å²) in [6.45, 7) is 2.58. The molecule has 0 spiro atoms. The highest BCUT2D eigenvalue weighted by molar-refractivity contribution is 9.10. The van der Waals surface area contributed by atoms with Gasteiger partial charge in [0, 0.05) is 24.3 Å². The first kappa shape index (κ1) is 20.9. The maximum atomic E-state index is 12.9. The summed E-state index contributed by atoms with van der Waals surface area (Å²) >= 11 is 3.20. The van der Waals surface area contributed by atoms with E-state index in [1.54, 1.807) is 24.3 Å². The lowest BCUT2D eigenvalue weighted by Crippen LogP contribution is -2.27. The molecule has 0 aliphatic heterocycles. The lowest BCUT2D eigenvalue weighted by Gasteiger charge is -2.19. The van der Waals surface area contributed by atoms with Gasteiger partial charge >= 0.3 is 0 Å². The summed E-state index contributed by atoms with van der Waals surface area (Å²) in [7, 11) is -5.95. The van der Waals surface area contributed by atoms with Crippen LogP contribution in [0.3, 0.4) is 0 Å². The van der Waals surface area contributed by atoms with Crippen LogP contribution in [-0.4, -0.2) is 41.1 Å². The molecule has 0 amide bonds.